The second-order valence-electron chi connectivity index (χ2n) is 8.14. The molecule has 0 amide bonds. The zero-order valence-electron chi connectivity index (χ0n) is 14.0. The Morgan fingerprint density at radius 3 is 2.24 bits per heavy atom. The third-order valence-electron chi connectivity index (χ3n) is 4.26. The fourth-order valence-electron chi connectivity index (χ4n) is 3.40. The van der Waals surface area contributed by atoms with Crippen LogP contribution in [0.4, 0.5) is 0 Å². The van der Waals surface area contributed by atoms with E-state index in [1.807, 2.05) is 6.92 Å². The zero-order chi connectivity index (χ0) is 15.9. The van der Waals surface area contributed by atoms with Crippen molar-refractivity contribution in [1.29, 1.82) is 0 Å². The van der Waals surface area contributed by atoms with E-state index in [0.29, 0.717) is 12.5 Å². The van der Waals surface area contributed by atoms with Gasteiger partial charge >= 0.3 is 5.97 Å². The second kappa shape index (κ2) is 5.52. The fourth-order valence-corrected chi connectivity index (χ4v) is 3.40. The van der Waals surface area contributed by atoms with Crippen LogP contribution in [0.3, 0.4) is 0 Å². The summed E-state index contributed by atoms with van der Waals surface area (Å²) in [5, 5.41) is 12.8. The number of nitrogens with zero attached hydrogens (tertiary/aromatic N) is 1. The number of carboxylic acids is 1. The van der Waals surface area contributed by atoms with Crippen LogP contribution in [-0.2, 0) is 9.53 Å². The molecule has 1 aliphatic carbocycles. The standard InChI is InChI=1S/C16H30N2O3/c1-14(2)10-18(11-15(3,4)21-14)9-8-16(5,13(19)20)17-12-6-7-12/h12,17H,6-11H2,1-5H3,(H,19,20). The molecular weight excluding hydrogens is 268 g/mol. The van der Waals surface area contributed by atoms with E-state index in [0.717, 1.165) is 32.5 Å². The molecule has 2 N–H and O–H groups in total. The molecule has 0 bridgehead atoms. The van der Waals surface area contributed by atoms with E-state index < -0.39 is 11.5 Å². The molecular formula is C16H30N2O3. The average Bonchev–Trinajstić information content (AvgIpc) is 3.06. The minimum atomic E-state index is -0.826. The normalized spacial score (nSPS) is 28.0. The van der Waals surface area contributed by atoms with E-state index in [1.165, 1.54) is 0 Å². The summed E-state index contributed by atoms with van der Waals surface area (Å²) in [6, 6.07) is 0.392. The van der Waals surface area contributed by atoms with Crippen LogP contribution < -0.4 is 5.32 Å². The highest BCUT2D eigenvalue weighted by Crippen LogP contribution is 2.29. The molecule has 5 nitrogen and oxygen atoms in total. The first-order chi connectivity index (χ1) is 9.51. The summed E-state index contributed by atoms with van der Waals surface area (Å²) < 4.78 is 6.07. The number of nitrogens with one attached hydrogen (secondary N) is 1. The molecule has 1 unspecified atom stereocenters. The largest absolute Gasteiger partial charge is 0.480 e. The number of carboxylic acid groups (broad SMARTS) is 1. The van der Waals surface area contributed by atoms with Gasteiger partial charge in [-0.3, -0.25) is 15.0 Å². The molecule has 5 heteroatoms. The van der Waals surface area contributed by atoms with Crippen molar-refractivity contribution >= 4 is 5.97 Å². The van der Waals surface area contributed by atoms with Crippen LogP contribution in [0.2, 0.25) is 0 Å². The Morgan fingerprint density at radius 2 is 1.81 bits per heavy atom. The van der Waals surface area contributed by atoms with E-state index in [4.69, 9.17) is 4.74 Å². The van der Waals surface area contributed by atoms with Gasteiger partial charge in [0.25, 0.3) is 0 Å². The van der Waals surface area contributed by atoms with Crippen LogP contribution in [0.15, 0.2) is 0 Å². The summed E-state index contributed by atoms with van der Waals surface area (Å²) in [6.45, 7) is 12.7. The lowest BCUT2D eigenvalue weighted by Gasteiger charge is -2.47. The van der Waals surface area contributed by atoms with Gasteiger partial charge in [0, 0.05) is 25.7 Å². The Hall–Kier alpha value is -0.650. The zero-order valence-corrected chi connectivity index (χ0v) is 14.0. The molecule has 2 aliphatic rings. The molecule has 0 spiro atoms. The van der Waals surface area contributed by atoms with E-state index in [-0.39, 0.29) is 11.2 Å². The van der Waals surface area contributed by atoms with Crippen molar-refractivity contribution in [2.45, 2.75) is 76.7 Å². The quantitative estimate of drug-likeness (QED) is 0.784. The smallest absolute Gasteiger partial charge is 0.323 e. The van der Waals surface area contributed by atoms with Crippen LogP contribution in [0.1, 0.15) is 53.9 Å². The third-order valence-corrected chi connectivity index (χ3v) is 4.26. The number of aliphatic carboxylic acids is 1. The van der Waals surface area contributed by atoms with E-state index in [2.05, 4.69) is 37.9 Å². The van der Waals surface area contributed by atoms with Crippen LogP contribution in [0, 0.1) is 0 Å². The Balaban J connectivity index is 1.95. The van der Waals surface area contributed by atoms with Gasteiger partial charge < -0.3 is 9.84 Å². The van der Waals surface area contributed by atoms with Crippen LogP contribution in [-0.4, -0.2) is 58.4 Å². The monoisotopic (exact) mass is 298 g/mol. The number of hydrogen-bond donors (Lipinski definition) is 2. The van der Waals surface area contributed by atoms with Crippen LogP contribution in [0.25, 0.3) is 0 Å². The van der Waals surface area contributed by atoms with Gasteiger partial charge in [0.2, 0.25) is 0 Å². The minimum Gasteiger partial charge on any atom is -0.480 e. The van der Waals surface area contributed by atoms with E-state index in [9.17, 15) is 9.90 Å². The summed E-state index contributed by atoms with van der Waals surface area (Å²) in [4.78, 5) is 13.9. The first kappa shape index (κ1) is 16.7. The number of hydrogen-bond acceptors (Lipinski definition) is 4. The lowest BCUT2D eigenvalue weighted by atomic mass is 9.94. The Morgan fingerprint density at radius 1 is 1.29 bits per heavy atom. The van der Waals surface area contributed by atoms with Gasteiger partial charge in [0.1, 0.15) is 5.54 Å². The third kappa shape index (κ3) is 4.66. The highest BCUT2D eigenvalue weighted by Gasteiger charge is 2.41. The van der Waals surface area contributed by atoms with Gasteiger partial charge in [-0.25, -0.2) is 0 Å². The number of carbonyl (C=O) groups is 1. The molecule has 2 rings (SSSR count). The maximum absolute atomic E-state index is 11.6. The average molecular weight is 298 g/mol. The van der Waals surface area contributed by atoms with E-state index in [1.54, 1.807) is 0 Å². The summed E-state index contributed by atoms with van der Waals surface area (Å²) in [5.74, 6) is -0.749. The molecule has 2 fully saturated rings. The summed E-state index contributed by atoms with van der Waals surface area (Å²) >= 11 is 0. The first-order valence-corrected chi connectivity index (χ1v) is 7.95. The van der Waals surface area contributed by atoms with E-state index >= 15 is 0 Å². The fraction of sp³-hybridized carbons (Fsp3) is 0.938. The molecule has 21 heavy (non-hydrogen) atoms. The van der Waals surface area contributed by atoms with Gasteiger partial charge in [0.15, 0.2) is 0 Å². The minimum absolute atomic E-state index is 0.189. The lowest BCUT2D eigenvalue weighted by Crippen LogP contribution is -2.59. The van der Waals surface area contributed by atoms with Gasteiger partial charge in [-0.1, -0.05) is 0 Å². The summed E-state index contributed by atoms with van der Waals surface area (Å²) in [6.07, 6.45) is 2.81. The molecule has 0 radical (unpaired) electrons. The predicted molar refractivity (Wildman–Crippen MR) is 82.5 cm³/mol. The molecule has 0 aromatic heterocycles. The van der Waals surface area contributed by atoms with Crippen molar-refractivity contribution in [2.24, 2.45) is 0 Å². The van der Waals surface area contributed by atoms with Gasteiger partial charge in [-0.05, 0) is 53.9 Å². The number of ether oxygens (including phenoxy) is 1. The maximum Gasteiger partial charge on any atom is 0.323 e. The highest BCUT2D eigenvalue weighted by molar-refractivity contribution is 5.78. The summed E-state index contributed by atoms with van der Waals surface area (Å²) in [7, 11) is 0. The molecule has 122 valence electrons. The van der Waals surface area contributed by atoms with Crippen molar-refractivity contribution in [3.8, 4) is 0 Å². The Kier molecular flexibility index (Phi) is 4.40. The van der Waals surface area contributed by atoms with Gasteiger partial charge in [-0.2, -0.15) is 0 Å². The molecule has 1 saturated heterocycles. The molecule has 1 saturated carbocycles. The molecule has 1 heterocycles. The van der Waals surface area contributed by atoms with Crippen LogP contribution >= 0.6 is 0 Å². The van der Waals surface area contributed by atoms with Crippen molar-refractivity contribution < 1.29 is 14.6 Å². The molecule has 0 aromatic rings. The topological polar surface area (TPSA) is 61.8 Å². The SMILES string of the molecule is CC1(C)CN(CCC(C)(NC2CC2)C(=O)O)CC(C)(C)O1. The first-order valence-electron chi connectivity index (χ1n) is 7.95. The van der Waals surface area contributed by atoms with Crippen molar-refractivity contribution in [3.05, 3.63) is 0 Å². The maximum atomic E-state index is 11.6. The number of rotatable bonds is 6. The lowest BCUT2D eigenvalue weighted by molar-refractivity contribution is -0.181. The van der Waals surface area contributed by atoms with Crippen molar-refractivity contribution in [1.82, 2.24) is 10.2 Å². The molecule has 1 atom stereocenters. The van der Waals surface area contributed by atoms with Gasteiger partial charge in [-0.15, -0.1) is 0 Å². The second-order valence-corrected chi connectivity index (χ2v) is 8.14. The van der Waals surface area contributed by atoms with Gasteiger partial charge in [0.05, 0.1) is 11.2 Å². The Bertz CT molecular complexity index is 388. The summed E-state index contributed by atoms with van der Waals surface area (Å²) in [5.41, 5.74) is -1.20. The van der Waals surface area contributed by atoms with Crippen molar-refractivity contribution in [2.75, 3.05) is 19.6 Å². The van der Waals surface area contributed by atoms with Crippen LogP contribution in [0.5, 0.6) is 0 Å². The molecule has 1 aliphatic heterocycles. The predicted octanol–water partition coefficient (Wildman–Crippen LogP) is 1.86. The van der Waals surface area contributed by atoms with Crippen molar-refractivity contribution in [3.63, 3.8) is 0 Å². The Labute approximate surface area is 128 Å². The molecule has 0 aromatic carbocycles. The highest BCUT2D eigenvalue weighted by atomic mass is 16.5. The number of morpholine rings is 1.